The smallest absolute Gasteiger partial charge is 0.236 e. The molecule has 1 unspecified atom stereocenters. The van der Waals surface area contributed by atoms with Crippen molar-refractivity contribution >= 4 is 17.5 Å². The van der Waals surface area contributed by atoms with Gasteiger partial charge in [0.1, 0.15) is 11.6 Å². The molecule has 0 saturated carbocycles. The quantitative estimate of drug-likeness (QED) is 0.877. The molecule has 2 aromatic heterocycles. The molecule has 7 nitrogen and oxygen atoms in total. The number of likely N-dealkylation sites (tertiary alicyclic amines) is 2. The number of carbonyl (C=O) groups excluding carboxylic acids is 1. The van der Waals surface area contributed by atoms with E-state index in [1.807, 2.05) is 36.2 Å². The van der Waals surface area contributed by atoms with Gasteiger partial charge in [-0.05, 0) is 51.3 Å². The second-order valence-electron chi connectivity index (χ2n) is 7.33. The summed E-state index contributed by atoms with van der Waals surface area (Å²) in [5, 5.41) is 3.23. The zero-order valence-electron chi connectivity index (χ0n) is 15.8. The van der Waals surface area contributed by atoms with Crippen LogP contribution in [0, 0.1) is 6.92 Å². The lowest BCUT2D eigenvalue weighted by Crippen LogP contribution is -2.38. The van der Waals surface area contributed by atoms with E-state index in [1.165, 1.54) is 0 Å². The van der Waals surface area contributed by atoms with Crippen molar-refractivity contribution in [1.29, 1.82) is 0 Å². The van der Waals surface area contributed by atoms with E-state index >= 15 is 0 Å². The maximum atomic E-state index is 12.5. The van der Waals surface area contributed by atoms with Crippen LogP contribution in [0.1, 0.15) is 43.1 Å². The molecule has 1 amide bonds. The molecule has 27 heavy (non-hydrogen) atoms. The summed E-state index contributed by atoms with van der Waals surface area (Å²) in [7, 11) is 0. The third-order valence-electron chi connectivity index (χ3n) is 5.30. The van der Waals surface area contributed by atoms with Crippen LogP contribution in [0.4, 0.5) is 11.6 Å². The van der Waals surface area contributed by atoms with Gasteiger partial charge in [0, 0.05) is 18.8 Å². The Bertz CT molecular complexity index is 805. The molecule has 0 aliphatic carbocycles. The van der Waals surface area contributed by atoms with Crippen LogP contribution in [-0.4, -0.2) is 56.8 Å². The fourth-order valence-corrected chi connectivity index (χ4v) is 3.94. The highest BCUT2D eigenvalue weighted by Gasteiger charge is 2.30. The summed E-state index contributed by atoms with van der Waals surface area (Å²) in [6, 6.07) is 5.99. The predicted molar refractivity (Wildman–Crippen MR) is 104 cm³/mol. The van der Waals surface area contributed by atoms with Gasteiger partial charge >= 0.3 is 0 Å². The van der Waals surface area contributed by atoms with Crippen LogP contribution in [0.3, 0.4) is 0 Å². The first-order valence-corrected chi connectivity index (χ1v) is 9.73. The van der Waals surface area contributed by atoms with Gasteiger partial charge in [-0.1, -0.05) is 6.07 Å². The average Bonchev–Trinajstić information content (AvgIpc) is 3.34. The molecule has 142 valence electrons. The molecular weight excluding hydrogens is 340 g/mol. The van der Waals surface area contributed by atoms with E-state index in [4.69, 9.17) is 4.98 Å². The van der Waals surface area contributed by atoms with E-state index in [-0.39, 0.29) is 11.9 Å². The van der Waals surface area contributed by atoms with Crippen molar-refractivity contribution in [2.75, 3.05) is 31.5 Å². The fraction of sp³-hybridized carbons (Fsp3) is 0.500. The molecule has 0 bridgehead atoms. The van der Waals surface area contributed by atoms with Gasteiger partial charge in [0.15, 0.2) is 0 Å². The molecule has 1 atom stereocenters. The first-order valence-electron chi connectivity index (χ1n) is 9.73. The summed E-state index contributed by atoms with van der Waals surface area (Å²) in [6.07, 6.45) is 7.87. The van der Waals surface area contributed by atoms with Crippen molar-refractivity contribution in [3.63, 3.8) is 0 Å². The molecule has 2 saturated heterocycles. The number of hydrogen-bond acceptors (Lipinski definition) is 6. The van der Waals surface area contributed by atoms with E-state index in [1.54, 1.807) is 6.20 Å². The summed E-state index contributed by atoms with van der Waals surface area (Å²) in [6.45, 7) is 5.17. The number of aryl methyl sites for hydroxylation is 1. The first kappa shape index (κ1) is 17.9. The number of rotatable bonds is 5. The van der Waals surface area contributed by atoms with Crippen molar-refractivity contribution in [1.82, 2.24) is 24.8 Å². The van der Waals surface area contributed by atoms with E-state index < -0.39 is 0 Å². The zero-order valence-corrected chi connectivity index (χ0v) is 15.8. The third-order valence-corrected chi connectivity index (χ3v) is 5.30. The maximum Gasteiger partial charge on any atom is 0.236 e. The van der Waals surface area contributed by atoms with E-state index in [0.717, 1.165) is 62.5 Å². The van der Waals surface area contributed by atoms with Crippen molar-refractivity contribution in [2.24, 2.45) is 0 Å². The van der Waals surface area contributed by atoms with E-state index in [0.29, 0.717) is 12.4 Å². The summed E-state index contributed by atoms with van der Waals surface area (Å²) in [4.78, 5) is 30.4. The Morgan fingerprint density at radius 2 is 1.96 bits per heavy atom. The zero-order chi connectivity index (χ0) is 18.6. The lowest BCUT2D eigenvalue weighted by atomic mass is 10.1. The van der Waals surface area contributed by atoms with Crippen LogP contribution >= 0.6 is 0 Å². The van der Waals surface area contributed by atoms with Crippen LogP contribution in [0.5, 0.6) is 0 Å². The van der Waals surface area contributed by atoms with Crippen molar-refractivity contribution in [3.05, 3.63) is 42.0 Å². The number of nitrogens with zero attached hydrogens (tertiary/aromatic N) is 5. The SMILES string of the molecule is Cc1cccc(Nc2cncc(C3CCCN3CC(=O)N3CCCC3)n2)n1. The second kappa shape index (κ2) is 8.00. The largest absolute Gasteiger partial charge is 0.342 e. The van der Waals surface area contributed by atoms with Crippen molar-refractivity contribution in [2.45, 2.75) is 38.6 Å². The molecule has 1 N–H and O–H groups in total. The lowest BCUT2D eigenvalue weighted by Gasteiger charge is -2.26. The third kappa shape index (κ3) is 4.24. The highest BCUT2D eigenvalue weighted by Crippen LogP contribution is 2.31. The minimum absolute atomic E-state index is 0.149. The standard InChI is InChI=1S/C20H26N6O/c1-15-6-4-8-18(22-15)24-19-13-21-12-16(23-19)17-7-5-11-26(17)14-20(27)25-9-2-3-10-25/h4,6,8,12-13,17H,2-3,5,7,9-11,14H2,1H3,(H,22,23,24). The van der Waals surface area contributed by atoms with Crippen LogP contribution in [0.25, 0.3) is 0 Å². The summed E-state index contributed by atoms with van der Waals surface area (Å²) >= 11 is 0. The molecule has 0 aromatic carbocycles. The Kier molecular flexibility index (Phi) is 5.29. The fourth-order valence-electron chi connectivity index (χ4n) is 3.94. The number of hydrogen-bond donors (Lipinski definition) is 1. The number of pyridine rings is 1. The number of carbonyl (C=O) groups is 1. The van der Waals surface area contributed by atoms with Gasteiger partial charge in [0.25, 0.3) is 0 Å². The van der Waals surface area contributed by atoms with Crippen LogP contribution < -0.4 is 5.32 Å². The topological polar surface area (TPSA) is 74.2 Å². The first-order chi connectivity index (χ1) is 13.2. The normalized spacial score (nSPS) is 20.2. The summed E-state index contributed by atoms with van der Waals surface area (Å²) < 4.78 is 0. The predicted octanol–water partition coefficient (Wildman–Crippen LogP) is 2.68. The van der Waals surface area contributed by atoms with Gasteiger partial charge in [-0.2, -0.15) is 0 Å². The molecule has 2 aromatic rings. The van der Waals surface area contributed by atoms with Gasteiger partial charge in [0.05, 0.1) is 30.7 Å². The summed E-state index contributed by atoms with van der Waals surface area (Å²) in [5.41, 5.74) is 1.87. The van der Waals surface area contributed by atoms with Gasteiger partial charge in [-0.15, -0.1) is 0 Å². The minimum atomic E-state index is 0.149. The lowest BCUT2D eigenvalue weighted by molar-refractivity contribution is -0.131. The van der Waals surface area contributed by atoms with Gasteiger partial charge < -0.3 is 10.2 Å². The Labute approximate surface area is 159 Å². The molecule has 4 rings (SSSR count). The van der Waals surface area contributed by atoms with Gasteiger partial charge in [-0.25, -0.2) is 9.97 Å². The Morgan fingerprint density at radius 3 is 2.78 bits per heavy atom. The van der Waals surface area contributed by atoms with Crippen LogP contribution in [0.15, 0.2) is 30.6 Å². The Morgan fingerprint density at radius 1 is 1.11 bits per heavy atom. The Balaban J connectivity index is 1.46. The summed E-state index contributed by atoms with van der Waals surface area (Å²) in [5.74, 6) is 1.68. The molecule has 2 aliphatic heterocycles. The molecule has 7 heteroatoms. The van der Waals surface area contributed by atoms with E-state index in [9.17, 15) is 4.79 Å². The highest BCUT2D eigenvalue weighted by atomic mass is 16.2. The van der Waals surface area contributed by atoms with Crippen LogP contribution in [-0.2, 0) is 4.79 Å². The molecule has 2 fully saturated rings. The van der Waals surface area contributed by atoms with E-state index in [2.05, 4.69) is 20.2 Å². The number of nitrogens with one attached hydrogen (secondary N) is 1. The molecule has 0 radical (unpaired) electrons. The minimum Gasteiger partial charge on any atom is -0.342 e. The number of anilines is 2. The monoisotopic (exact) mass is 366 g/mol. The van der Waals surface area contributed by atoms with Crippen molar-refractivity contribution in [3.8, 4) is 0 Å². The number of amides is 1. The van der Waals surface area contributed by atoms with Gasteiger partial charge in [0.2, 0.25) is 5.91 Å². The average molecular weight is 366 g/mol. The van der Waals surface area contributed by atoms with Crippen LogP contribution in [0.2, 0.25) is 0 Å². The van der Waals surface area contributed by atoms with Crippen molar-refractivity contribution < 1.29 is 4.79 Å². The second-order valence-corrected chi connectivity index (χ2v) is 7.33. The Hall–Kier alpha value is -2.54. The van der Waals surface area contributed by atoms with Gasteiger partial charge in [-0.3, -0.25) is 14.7 Å². The maximum absolute atomic E-state index is 12.5. The molecule has 2 aliphatic rings. The molecule has 0 spiro atoms. The molecule has 4 heterocycles. The highest BCUT2D eigenvalue weighted by molar-refractivity contribution is 5.78. The number of aromatic nitrogens is 3. The molecular formula is C20H26N6O.